The smallest absolute Gasteiger partial charge is 0.0234 e. The molecule has 5 heteroatoms. The van der Waals surface area contributed by atoms with E-state index in [0.717, 1.165) is 18.5 Å². The number of nitrogens with one attached hydrogen (secondary N) is 1. The van der Waals surface area contributed by atoms with E-state index in [1.165, 1.54) is 38.0 Å². The molecule has 1 aromatic carbocycles. The van der Waals surface area contributed by atoms with Crippen LogP contribution >= 0.6 is 24.8 Å². The molecule has 2 atom stereocenters. The highest BCUT2D eigenvalue weighted by Gasteiger charge is 2.28. The number of hydrogen-bond donors (Lipinski definition) is 1. The first-order chi connectivity index (χ1) is 7.90. The van der Waals surface area contributed by atoms with Gasteiger partial charge in [0.2, 0.25) is 0 Å². The zero-order valence-electron chi connectivity index (χ0n) is 11.0. The normalized spacial score (nSPS) is 25.5. The fourth-order valence-electron chi connectivity index (χ4n) is 3.01. The van der Waals surface area contributed by atoms with Gasteiger partial charge in [0.1, 0.15) is 0 Å². The summed E-state index contributed by atoms with van der Waals surface area (Å²) in [4.78, 5) is 2.62. The third kappa shape index (κ3) is 4.93. The summed E-state index contributed by atoms with van der Waals surface area (Å²) in [6, 6.07) is 11.6. The van der Waals surface area contributed by atoms with Crippen molar-refractivity contribution in [1.82, 2.24) is 10.2 Å². The van der Waals surface area contributed by atoms with Gasteiger partial charge in [0.05, 0.1) is 0 Å². The van der Waals surface area contributed by atoms with Crippen LogP contribution in [0.3, 0.4) is 0 Å². The summed E-state index contributed by atoms with van der Waals surface area (Å²) in [5, 5.41) is 3.66. The van der Waals surface area contributed by atoms with Crippen molar-refractivity contribution in [2.45, 2.75) is 25.4 Å². The monoisotopic (exact) mass is 306 g/mol. The number of hydrogen-bond acceptors (Lipinski definition) is 2. The van der Waals surface area contributed by atoms with Crippen molar-refractivity contribution in [2.24, 2.45) is 5.92 Å². The Labute approximate surface area is 127 Å². The minimum Gasteiger partial charge on any atom is -0.412 e. The molecule has 0 radical (unpaired) electrons. The Balaban J connectivity index is 0.00000108. The predicted molar refractivity (Wildman–Crippen MR) is 84.3 cm³/mol. The molecule has 4 rings (SSSR count). The second kappa shape index (κ2) is 8.77. The molecule has 3 aliphatic rings. The first kappa shape index (κ1) is 18.7. The molecule has 3 nitrogen and oxygen atoms in total. The van der Waals surface area contributed by atoms with E-state index in [2.05, 4.69) is 40.5 Å². The Morgan fingerprint density at radius 2 is 1.79 bits per heavy atom. The standard InChI is InChI=1S/C14H20N2.2ClH.H2O/c1-2-4-12(5-3-1)9-16-10-13-6-7-14(11-16)15-8-13;;;/h1-5,13-15H,6-11H2;2*1H;1H2/t13-,14-;;;/m0.../s1. The number of rotatable bonds is 2. The predicted octanol–water partition coefficient (Wildman–Crippen LogP) is 1.89. The molecule has 0 aliphatic carbocycles. The molecule has 0 amide bonds. The van der Waals surface area contributed by atoms with E-state index in [1.54, 1.807) is 0 Å². The summed E-state index contributed by atoms with van der Waals surface area (Å²) < 4.78 is 0. The molecule has 0 spiro atoms. The highest BCUT2D eigenvalue weighted by molar-refractivity contribution is 5.85. The first-order valence-corrected chi connectivity index (χ1v) is 6.40. The molecule has 1 aromatic rings. The van der Waals surface area contributed by atoms with Crippen LogP contribution in [0.5, 0.6) is 0 Å². The zero-order valence-corrected chi connectivity index (χ0v) is 12.7. The van der Waals surface area contributed by atoms with E-state index in [0.29, 0.717) is 0 Å². The highest BCUT2D eigenvalue weighted by atomic mass is 35.5. The van der Waals surface area contributed by atoms with E-state index in [-0.39, 0.29) is 30.3 Å². The molecular weight excluding hydrogens is 283 g/mol. The van der Waals surface area contributed by atoms with Crippen molar-refractivity contribution in [3.05, 3.63) is 35.9 Å². The third-order valence-electron chi connectivity index (χ3n) is 3.86. The molecular formula is C14H24Cl2N2O. The number of halogens is 2. The van der Waals surface area contributed by atoms with Crippen LogP contribution in [0.15, 0.2) is 30.3 Å². The van der Waals surface area contributed by atoms with Gasteiger partial charge in [0.15, 0.2) is 0 Å². The first-order valence-electron chi connectivity index (χ1n) is 6.40. The van der Waals surface area contributed by atoms with E-state index in [4.69, 9.17) is 0 Å². The quantitative estimate of drug-likeness (QED) is 0.907. The molecule has 3 N–H and O–H groups in total. The number of nitrogens with zero attached hydrogens (tertiary/aromatic N) is 1. The third-order valence-corrected chi connectivity index (χ3v) is 3.86. The second-order valence-corrected chi connectivity index (χ2v) is 5.23. The Hall–Kier alpha value is -0.320. The van der Waals surface area contributed by atoms with Crippen LogP contribution in [0.4, 0.5) is 0 Å². The van der Waals surface area contributed by atoms with E-state index < -0.39 is 0 Å². The minimum atomic E-state index is 0. The summed E-state index contributed by atoms with van der Waals surface area (Å²) in [6.07, 6.45) is 2.79. The van der Waals surface area contributed by atoms with Crippen molar-refractivity contribution in [1.29, 1.82) is 0 Å². The molecule has 2 bridgehead atoms. The van der Waals surface area contributed by atoms with Gasteiger partial charge in [-0.2, -0.15) is 0 Å². The van der Waals surface area contributed by atoms with Crippen LogP contribution < -0.4 is 5.32 Å². The van der Waals surface area contributed by atoms with Gasteiger partial charge in [-0.3, -0.25) is 4.90 Å². The molecule has 0 saturated carbocycles. The minimum absolute atomic E-state index is 0. The lowest BCUT2D eigenvalue weighted by molar-refractivity contribution is 0.256. The molecule has 0 aromatic heterocycles. The zero-order chi connectivity index (χ0) is 10.8. The Morgan fingerprint density at radius 1 is 1.05 bits per heavy atom. The average molecular weight is 307 g/mol. The van der Waals surface area contributed by atoms with E-state index in [1.807, 2.05) is 0 Å². The lowest BCUT2D eigenvalue weighted by Crippen LogP contribution is -2.39. The molecule has 3 saturated heterocycles. The largest absolute Gasteiger partial charge is 0.412 e. The van der Waals surface area contributed by atoms with Crippen LogP contribution in [0.25, 0.3) is 0 Å². The van der Waals surface area contributed by atoms with Crippen molar-refractivity contribution in [3.8, 4) is 0 Å². The van der Waals surface area contributed by atoms with Gasteiger partial charge in [-0.25, -0.2) is 0 Å². The SMILES string of the molecule is Cl.Cl.O.c1ccc(CN2C[C@H]3CC[C@@H](C2)NC3)cc1. The Kier molecular flexibility index (Phi) is 8.62. The van der Waals surface area contributed by atoms with Crippen molar-refractivity contribution in [3.63, 3.8) is 0 Å². The van der Waals surface area contributed by atoms with Crippen LogP contribution in [0.1, 0.15) is 18.4 Å². The number of benzene rings is 1. The lowest BCUT2D eigenvalue weighted by atomic mass is 9.97. The van der Waals surface area contributed by atoms with Gasteiger partial charge in [-0.1, -0.05) is 30.3 Å². The fourth-order valence-corrected chi connectivity index (χ4v) is 3.01. The molecule has 3 aliphatic heterocycles. The molecule has 3 fully saturated rings. The van der Waals surface area contributed by atoms with E-state index in [9.17, 15) is 0 Å². The summed E-state index contributed by atoms with van der Waals surface area (Å²) >= 11 is 0. The average Bonchev–Trinajstić information content (AvgIpc) is 2.62. The second-order valence-electron chi connectivity index (χ2n) is 5.23. The Morgan fingerprint density at radius 3 is 2.42 bits per heavy atom. The summed E-state index contributed by atoms with van der Waals surface area (Å²) in [5.41, 5.74) is 1.45. The maximum absolute atomic E-state index is 3.66. The van der Waals surface area contributed by atoms with Gasteiger partial charge >= 0.3 is 0 Å². The summed E-state index contributed by atoms with van der Waals surface area (Å²) in [7, 11) is 0. The van der Waals surface area contributed by atoms with Gasteiger partial charge in [0, 0.05) is 25.7 Å². The van der Waals surface area contributed by atoms with Crippen LogP contribution in [0, 0.1) is 5.92 Å². The molecule has 110 valence electrons. The van der Waals surface area contributed by atoms with E-state index >= 15 is 0 Å². The van der Waals surface area contributed by atoms with Gasteiger partial charge < -0.3 is 10.8 Å². The number of piperidine rings is 1. The molecule has 0 unspecified atom stereocenters. The van der Waals surface area contributed by atoms with Crippen molar-refractivity contribution >= 4 is 24.8 Å². The fraction of sp³-hybridized carbons (Fsp3) is 0.571. The van der Waals surface area contributed by atoms with Gasteiger partial charge in [0.25, 0.3) is 0 Å². The van der Waals surface area contributed by atoms with Gasteiger partial charge in [-0.15, -0.1) is 24.8 Å². The number of fused-ring (bicyclic) bond motifs is 4. The van der Waals surface area contributed by atoms with Gasteiger partial charge in [-0.05, 0) is 30.9 Å². The Bertz CT molecular complexity index is 329. The molecule has 19 heavy (non-hydrogen) atoms. The van der Waals surface area contributed by atoms with Crippen LogP contribution in [0.2, 0.25) is 0 Å². The topological polar surface area (TPSA) is 46.8 Å². The van der Waals surface area contributed by atoms with Crippen molar-refractivity contribution < 1.29 is 5.48 Å². The van der Waals surface area contributed by atoms with Crippen LogP contribution in [-0.4, -0.2) is 36.1 Å². The highest BCUT2D eigenvalue weighted by Crippen LogP contribution is 2.22. The summed E-state index contributed by atoms with van der Waals surface area (Å²) in [5.74, 6) is 0.877. The maximum atomic E-state index is 3.66. The maximum Gasteiger partial charge on any atom is 0.0234 e. The van der Waals surface area contributed by atoms with Crippen LogP contribution in [-0.2, 0) is 6.54 Å². The lowest BCUT2D eigenvalue weighted by Gasteiger charge is -2.23. The summed E-state index contributed by atoms with van der Waals surface area (Å²) in [6.45, 7) is 4.86. The van der Waals surface area contributed by atoms with Crippen molar-refractivity contribution in [2.75, 3.05) is 19.6 Å². The molecule has 3 heterocycles.